The van der Waals surface area contributed by atoms with E-state index in [0.717, 1.165) is 31.4 Å². The van der Waals surface area contributed by atoms with E-state index < -0.39 is 5.54 Å². The van der Waals surface area contributed by atoms with E-state index in [1.807, 2.05) is 19.2 Å². The normalized spacial score (nSPS) is 16.2. The topological polar surface area (TPSA) is 107 Å². The zero-order valence-corrected chi connectivity index (χ0v) is 15.4. The van der Waals surface area contributed by atoms with Crippen LogP contribution in [0.3, 0.4) is 0 Å². The number of thiazole rings is 1. The highest BCUT2D eigenvalue weighted by Gasteiger charge is 2.35. The SMILES string of the molecule is CC(C)C(=O)Nc1nc(Cc2nc(C3(N)CCCC3)no2)cs1.Cl. The van der Waals surface area contributed by atoms with Crippen molar-refractivity contribution >= 4 is 34.8 Å². The van der Waals surface area contributed by atoms with Crippen molar-refractivity contribution in [1.82, 2.24) is 15.1 Å². The lowest BCUT2D eigenvalue weighted by Crippen LogP contribution is -2.34. The van der Waals surface area contributed by atoms with E-state index in [9.17, 15) is 4.79 Å². The molecule has 24 heavy (non-hydrogen) atoms. The standard InChI is InChI=1S/C15H21N5O2S.ClH/c1-9(2)12(21)19-14-17-10(8-23-14)7-11-18-13(20-22-11)15(16)5-3-4-6-15;/h8-9H,3-7,16H2,1-2H3,(H,17,19,21);1H. The Bertz CT molecular complexity index is 694. The number of nitrogens with zero attached hydrogens (tertiary/aromatic N) is 3. The van der Waals surface area contributed by atoms with E-state index in [0.29, 0.717) is 23.3 Å². The Morgan fingerprint density at radius 2 is 2.12 bits per heavy atom. The van der Waals surface area contributed by atoms with Crippen molar-refractivity contribution < 1.29 is 9.32 Å². The molecule has 0 aromatic carbocycles. The van der Waals surface area contributed by atoms with Gasteiger partial charge in [0.15, 0.2) is 11.0 Å². The van der Waals surface area contributed by atoms with E-state index in [2.05, 4.69) is 20.4 Å². The van der Waals surface area contributed by atoms with Gasteiger partial charge in [0, 0.05) is 11.3 Å². The number of nitrogens with two attached hydrogens (primary N) is 1. The molecular formula is C15H22ClN5O2S. The maximum Gasteiger partial charge on any atom is 0.232 e. The van der Waals surface area contributed by atoms with Gasteiger partial charge in [-0.25, -0.2) is 4.98 Å². The molecule has 2 aromatic rings. The summed E-state index contributed by atoms with van der Waals surface area (Å²) in [4.78, 5) is 20.5. The number of hydrogen-bond donors (Lipinski definition) is 2. The molecule has 3 rings (SSSR count). The number of halogens is 1. The van der Waals surface area contributed by atoms with E-state index in [-0.39, 0.29) is 24.2 Å². The number of rotatable bonds is 5. The van der Waals surface area contributed by atoms with Crippen LogP contribution in [-0.4, -0.2) is 21.0 Å². The number of carbonyl (C=O) groups excluding carboxylic acids is 1. The zero-order valence-electron chi connectivity index (χ0n) is 13.7. The van der Waals surface area contributed by atoms with Crippen LogP contribution in [-0.2, 0) is 16.8 Å². The van der Waals surface area contributed by atoms with Crippen LogP contribution in [0.2, 0.25) is 0 Å². The number of hydrogen-bond acceptors (Lipinski definition) is 7. The monoisotopic (exact) mass is 371 g/mol. The van der Waals surface area contributed by atoms with Crippen LogP contribution in [0, 0.1) is 5.92 Å². The van der Waals surface area contributed by atoms with Crippen LogP contribution in [0.15, 0.2) is 9.90 Å². The van der Waals surface area contributed by atoms with Gasteiger partial charge in [-0.2, -0.15) is 4.98 Å². The number of carbonyl (C=O) groups is 1. The third kappa shape index (κ3) is 4.12. The number of nitrogens with one attached hydrogen (secondary N) is 1. The molecule has 3 N–H and O–H groups in total. The fourth-order valence-corrected chi connectivity index (χ4v) is 3.32. The second-order valence-electron chi connectivity index (χ2n) is 6.34. The maximum atomic E-state index is 11.7. The maximum absolute atomic E-state index is 11.7. The summed E-state index contributed by atoms with van der Waals surface area (Å²) < 4.78 is 5.31. The minimum atomic E-state index is -0.444. The number of aromatic nitrogens is 3. The Hall–Kier alpha value is -1.51. The fourth-order valence-electron chi connectivity index (χ4n) is 2.61. The van der Waals surface area contributed by atoms with Crippen LogP contribution in [0.4, 0.5) is 5.13 Å². The molecule has 1 amide bonds. The highest BCUT2D eigenvalue weighted by molar-refractivity contribution is 7.13. The molecular weight excluding hydrogens is 350 g/mol. The summed E-state index contributed by atoms with van der Waals surface area (Å²) in [6.45, 7) is 3.69. The predicted molar refractivity (Wildman–Crippen MR) is 94.3 cm³/mol. The van der Waals surface area contributed by atoms with Crippen LogP contribution < -0.4 is 11.1 Å². The van der Waals surface area contributed by atoms with Gasteiger partial charge in [-0.05, 0) is 12.8 Å². The van der Waals surface area contributed by atoms with Crippen LogP contribution in [0.25, 0.3) is 0 Å². The Labute approximate surface area is 150 Å². The van der Waals surface area contributed by atoms with E-state index >= 15 is 0 Å². The van der Waals surface area contributed by atoms with Gasteiger partial charge in [0.05, 0.1) is 17.7 Å². The summed E-state index contributed by atoms with van der Waals surface area (Å²) in [6, 6.07) is 0. The second kappa shape index (κ2) is 7.58. The van der Waals surface area contributed by atoms with Crippen molar-refractivity contribution in [1.29, 1.82) is 0 Å². The van der Waals surface area contributed by atoms with Gasteiger partial charge in [0.1, 0.15) is 0 Å². The summed E-state index contributed by atoms with van der Waals surface area (Å²) in [6.07, 6.45) is 4.44. The summed E-state index contributed by atoms with van der Waals surface area (Å²) in [7, 11) is 0. The Morgan fingerprint density at radius 1 is 1.42 bits per heavy atom. The highest BCUT2D eigenvalue weighted by atomic mass is 35.5. The molecule has 0 atom stereocenters. The van der Waals surface area contributed by atoms with E-state index in [1.54, 1.807) is 0 Å². The van der Waals surface area contributed by atoms with Crippen molar-refractivity contribution in [2.24, 2.45) is 11.7 Å². The van der Waals surface area contributed by atoms with Crippen LogP contribution >= 0.6 is 23.7 Å². The van der Waals surface area contributed by atoms with Gasteiger partial charge in [0.2, 0.25) is 11.8 Å². The fraction of sp³-hybridized carbons (Fsp3) is 0.600. The van der Waals surface area contributed by atoms with Crippen molar-refractivity contribution in [2.75, 3.05) is 5.32 Å². The average molecular weight is 372 g/mol. The first-order valence-corrected chi connectivity index (χ1v) is 8.71. The summed E-state index contributed by atoms with van der Waals surface area (Å²) in [5.41, 5.74) is 6.68. The first kappa shape index (κ1) is 18.8. The van der Waals surface area contributed by atoms with Gasteiger partial charge < -0.3 is 15.6 Å². The lowest BCUT2D eigenvalue weighted by Gasteiger charge is -2.17. The molecule has 2 heterocycles. The van der Waals surface area contributed by atoms with Gasteiger partial charge in [-0.15, -0.1) is 23.7 Å². The quantitative estimate of drug-likeness (QED) is 0.836. The van der Waals surface area contributed by atoms with Gasteiger partial charge in [-0.3, -0.25) is 4.79 Å². The first-order valence-electron chi connectivity index (χ1n) is 7.83. The minimum absolute atomic E-state index is 0. The molecule has 0 saturated heterocycles. The van der Waals surface area contributed by atoms with Gasteiger partial charge in [0.25, 0.3) is 0 Å². The van der Waals surface area contributed by atoms with Crippen molar-refractivity contribution in [3.63, 3.8) is 0 Å². The Balaban J connectivity index is 0.00000208. The van der Waals surface area contributed by atoms with Crippen LogP contribution in [0.5, 0.6) is 0 Å². The van der Waals surface area contributed by atoms with Crippen LogP contribution in [0.1, 0.15) is 56.9 Å². The molecule has 1 saturated carbocycles. The molecule has 132 valence electrons. The summed E-state index contributed by atoms with van der Waals surface area (Å²) in [5, 5.41) is 9.29. The molecule has 2 aromatic heterocycles. The Morgan fingerprint density at radius 3 is 2.79 bits per heavy atom. The molecule has 0 spiro atoms. The smallest absolute Gasteiger partial charge is 0.232 e. The molecule has 1 aliphatic carbocycles. The third-order valence-electron chi connectivity index (χ3n) is 4.05. The zero-order chi connectivity index (χ0) is 16.4. The predicted octanol–water partition coefficient (Wildman–Crippen LogP) is 2.86. The van der Waals surface area contributed by atoms with Gasteiger partial charge in [-0.1, -0.05) is 31.8 Å². The second-order valence-corrected chi connectivity index (χ2v) is 7.20. The van der Waals surface area contributed by atoms with Crippen molar-refractivity contribution in [3.8, 4) is 0 Å². The average Bonchev–Trinajstić information content (AvgIpc) is 3.21. The largest absolute Gasteiger partial charge is 0.339 e. The van der Waals surface area contributed by atoms with Crippen molar-refractivity contribution in [3.05, 3.63) is 22.8 Å². The molecule has 0 aliphatic heterocycles. The number of amides is 1. The van der Waals surface area contributed by atoms with E-state index in [1.165, 1.54) is 11.3 Å². The minimum Gasteiger partial charge on any atom is -0.339 e. The third-order valence-corrected chi connectivity index (χ3v) is 4.85. The molecule has 1 aliphatic rings. The lowest BCUT2D eigenvalue weighted by atomic mass is 9.99. The summed E-state index contributed by atoms with van der Waals surface area (Å²) in [5.74, 6) is 0.975. The number of anilines is 1. The molecule has 0 bridgehead atoms. The van der Waals surface area contributed by atoms with E-state index in [4.69, 9.17) is 10.3 Å². The Kier molecular flexibility index (Phi) is 5.95. The van der Waals surface area contributed by atoms with Crippen molar-refractivity contribution in [2.45, 2.75) is 51.5 Å². The lowest BCUT2D eigenvalue weighted by molar-refractivity contribution is -0.118. The molecule has 0 radical (unpaired) electrons. The van der Waals surface area contributed by atoms with Gasteiger partial charge >= 0.3 is 0 Å². The first-order chi connectivity index (χ1) is 11.0. The molecule has 0 unspecified atom stereocenters. The molecule has 7 nitrogen and oxygen atoms in total. The highest BCUT2D eigenvalue weighted by Crippen LogP contribution is 2.34. The summed E-state index contributed by atoms with van der Waals surface area (Å²) >= 11 is 1.39. The molecule has 9 heteroatoms. The molecule has 1 fully saturated rings.